The van der Waals surface area contributed by atoms with Crippen LogP contribution in [0.4, 0.5) is 0 Å². The van der Waals surface area contributed by atoms with E-state index in [0.717, 1.165) is 5.56 Å². The minimum atomic E-state index is 0.714. The highest BCUT2D eigenvalue weighted by atomic mass is 15.3. The maximum atomic E-state index is 4.15. The van der Waals surface area contributed by atoms with Gasteiger partial charge in [-0.25, -0.2) is 4.98 Å². The van der Waals surface area contributed by atoms with Crippen LogP contribution < -0.4 is 0 Å². The van der Waals surface area contributed by atoms with E-state index in [2.05, 4.69) is 15.1 Å². The molecule has 0 saturated carbocycles. The Bertz CT molecular complexity index is 366. The normalized spacial score (nSPS) is 10.1. The summed E-state index contributed by atoms with van der Waals surface area (Å²) in [7, 11) is 1.84. The van der Waals surface area contributed by atoms with Crippen molar-refractivity contribution in [1.82, 2.24) is 19.7 Å². The smallest absolute Gasteiger partial charge is 0.182 e. The highest BCUT2D eigenvalue weighted by Gasteiger charge is 2.00. The first-order valence-electron chi connectivity index (χ1n) is 3.62. The summed E-state index contributed by atoms with van der Waals surface area (Å²) in [5, 5.41) is 4.15. The third-order valence-corrected chi connectivity index (χ3v) is 1.52. The maximum Gasteiger partial charge on any atom is 0.182 e. The molecule has 0 aliphatic rings. The predicted octanol–water partition coefficient (Wildman–Crippen LogP) is 0.877. The molecule has 0 aliphatic carbocycles. The largest absolute Gasteiger partial charge is 0.264 e. The van der Waals surface area contributed by atoms with E-state index in [-0.39, 0.29) is 0 Å². The molecule has 0 spiro atoms. The lowest BCUT2D eigenvalue weighted by Gasteiger charge is -1.90. The molecule has 0 atom stereocenters. The zero-order valence-electron chi connectivity index (χ0n) is 6.68. The van der Waals surface area contributed by atoms with Gasteiger partial charge >= 0.3 is 0 Å². The van der Waals surface area contributed by atoms with Crippen molar-refractivity contribution < 1.29 is 0 Å². The van der Waals surface area contributed by atoms with Gasteiger partial charge in [0.05, 0.1) is 0 Å². The summed E-state index contributed by atoms with van der Waals surface area (Å²) >= 11 is 0. The summed E-state index contributed by atoms with van der Waals surface area (Å²) in [6.45, 7) is 0. The molecule has 0 fully saturated rings. The van der Waals surface area contributed by atoms with Crippen molar-refractivity contribution in [2.24, 2.45) is 7.05 Å². The lowest BCUT2D eigenvalue weighted by atomic mass is 10.3. The van der Waals surface area contributed by atoms with Crippen LogP contribution in [0.2, 0.25) is 0 Å². The third-order valence-electron chi connectivity index (χ3n) is 1.52. The van der Waals surface area contributed by atoms with Gasteiger partial charge in [-0.2, -0.15) is 5.10 Å². The number of hydrogen-bond acceptors (Lipinski definition) is 3. The van der Waals surface area contributed by atoms with Gasteiger partial charge in [0.25, 0.3) is 0 Å². The fourth-order valence-corrected chi connectivity index (χ4v) is 0.967. The summed E-state index contributed by atoms with van der Waals surface area (Å²) in [5.74, 6) is 0.714. The van der Waals surface area contributed by atoms with Crippen LogP contribution in [-0.2, 0) is 7.05 Å². The van der Waals surface area contributed by atoms with Crippen LogP contribution in [-0.4, -0.2) is 19.7 Å². The predicted molar refractivity (Wildman–Crippen MR) is 44.2 cm³/mol. The number of nitrogens with zero attached hydrogens (tertiary/aromatic N) is 4. The molecule has 2 heterocycles. The molecule has 0 aromatic carbocycles. The van der Waals surface area contributed by atoms with E-state index in [1.807, 2.05) is 19.2 Å². The fraction of sp³-hybridized carbons (Fsp3) is 0.125. The molecular weight excluding hydrogens is 152 g/mol. The van der Waals surface area contributed by atoms with Crippen molar-refractivity contribution in [3.63, 3.8) is 0 Å². The van der Waals surface area contributed by atoms with Crippen molar-refractivity contribution in [3.8, 4) is 11.4 Å². The summed E-state index contributed by atoms with van der Waals surface area (Å²) in [5.41, 5.74) is 0.943. The van der Waals surface area contributed by atoms with E-state index in [9.17, 15) is 0 Å². The average molecular weight is 160 g/mol. The molecule has 0 aliphatic heterocycles. The molecule has 12 heavy (non-hydrogen) atoms. The number of aromatic nitrogens is 4. The Morgan fingerprint density at radius 1 is 1.42 bits per heavy atom. The minimum absolute atomic E-state index is 0.714. The molecule has 0 unspecified atom stereocenters. The van der Waals surface area contributed by atoms with Crippen molar-refractivity contribution in [2.75, 3.05) is 0 Å². The second kappa shape index (κ2) is 2.73. The van der Waals surface area contributed by atoms with Gasteiger partial charge < -0.3 is 0 Å². The van der Waals surface area contributed by atoms with Crippen LogP contribution >= 0.6 is 0 Å². The summed E-state index contributed by atoms with van der Waals surface area (Å²) in [6, 6.07) is 3.80. The van der Waals surface area contributed by atoms with Crippen molar-refractivity contribution in [3.05, 3.63) is 30.9 Å². The van der Waals surface area contributed by atoms with Gasteiger partial charge in [0, 0.05) is 25.0 Å². The highest BCUT2D eigenvalue weighted by Crippen LogP contribution is 2.10. The first-order chi connectivity index (χ1) is 5.86. The van der Waals surface area contributed by atoms with Gasteiger partial charge in [-0.15, -0.1) is 0 Å². The van der Waals surface area contributed by atoms with E-state index >= 15 is 0 Å². The fourth-order valence-electron chi connectivity index (χ4n) is 0.967. The van der Waals surface area contributed by atoms with Crippen molar-refractivity contribution in [1.29, 1.82) is 0 Å². The van der Waals surface area contributed by atoms with Crippen LogP contribution in [0.5, 0.6) is 0 Å². The molecule has 0 bridgehead atoms. The lowest BCUT2D eigenvalue weighted by molar-refractivity contribution is 0.768. The Morgan fingerprint density at radius 3 is 2.92 bits per heavy atom. The van der Waals surface area contributed by atoms with E-state index in [1.54, 1.807) is 23.4 Å². The van der Waals surface area contributed by atoms with Gasteiger partial charge in [0.1, 0.15) is 6.33 Å². The zero-order valence-corrected chi connectivity index (χ0v) is 6.68. The van der Waals surface area contributed by atoms with Crippen LogP contribution in [0.25, 0.3) is 11.4 Å². The molecule has 2 rings (SSSR count). The molecule has 0 radical (unpaired) electrons. The number of pyridine rings is 1. The maximum absolute atomic E-state index is 4.15. The first-order valence-corrected chi connectivity index (χ1v) is 3.62. The van der Waals surface area contributed by atoms with Crippen LogP contribution in [0, 0.1) is 0 Å². The van der Waals surface area contributed by atoms with Crippen molar-refractivity contribution in [2.45, 2.75) is 0 Å². The third kappa shape index (κ3) is 1.18. The van der Waals surface area contributed by atoms with E-state index in [4.69, 9.17) is 0 Å². The molecule has 2 aromatic heterocycles. The molecule has 4 nitrogen and oxygen atoms in total. The minimum Gasteiger partial charge on any atom is -0.264 e. The highest BCUT2D eigenvalue weighted by molar-refractivity contribution is 5.51. The molecule has 2 aromatic rings. The SMILES string of the molecule is Cn1cnc(-c2cccnc2)n1. The Morgan fingerprint density at radius 2 is 2.33 bits per heavy atom. The molecule has 0 amide bonds. The van der Waals surface area contributed by atoms with Gasteiger partial charge in [-0.05, 0) is 12.1 Å². The Labute approximate surface area is 69.9 Å². The molecule has 0 saturated heterocycles. The molecule has 4 heteroatoms. The molecule has 60 valence electrons. The standard InChI is InChI=1S/C8H8N4/c1-12-6-10-8(11-12)7-3-2-4-9-5-7/h2-6H,1H3. The first kappa shape index (κ1) is 6.97. The van der Waals surface area contributed by atoms with Gasteiger partial charge in [-0.3, -0.25) is 9.67 Å². The molecule has 0 N–H and O–H groups in total. The molecular formula is C8H8N4. The number of hydrogen-bond donors (Lipinski definition) is 0. The lowest BCUT2D eigenvalue weighted by Crippen LogP contribution is -1.87. The summed E-state index contributed by atoms with van der Waals surface area (Å²) < 4.78 is 1.67. The van der Waals surface area contributed by atoms with Crippen LogP contribution in [0.15, 0.2) is 30.9 Å². The zero-order chi connectivity index (χ0) is 8.39. The van der Waals surface area contributed by atoms with Crippen molar-refractivity contribution >= 4 is 0 Å². The Hall–Kier alpha value is -1.71. The quantitative estimate of drug-likeness (QED) is 0.622. The van der Waals surface area contributed by atoms with E-state index < -0.39 is 0 Å². The van der Waals surface area contributed by atoms with E-state index in [1.165, 1.54) is 0 Å². The van der Waals surface area contributed by atoms with Crippen LogP contribution in [0.3, 0.4) is 0 Å². The summed E-state index contributed by atoms with van der Waals surface area (Å²) in [6.07, 6.45) is 5.14. The van der Waals surface area contributed by atoms with Gasteiger partial charge in [0.2, 0.25) is 0 Å². The number of rotatable bonds is 1. The second-order valence-electron chi connectivity index (χ2n) is 2.48. The topological polar surface area (TPSA) is 43.6 Å². The Kier molecular flexibility index (Phi) is 1.59. The average Bonchev–Trinajstić information content (AvgIpc) is 2.54. The van der Waals surface area contributed by atoms with E-state index in [0.29, 0.717) is 5.82 Å². The number of aryl methyl sites for hydroxylation is 1. The monoisotopic (exact) mass is 160 g/mol. The second-order valence-corrected chi connectivity index (χ2v) is 2.48. The van der Waals surface area contributed by atoms with Gasteiger partial charge in [0.15, 0.2) is 5.82 Å². The Balaban J connectivity index is 2.45. The summed E-state index contributed by atoms with van der Waals surface area (Å²) in [4.78, 5) is 8.08. The van der Waals surface area contributed by atoms with Gasteiger partial charge in [-0.1, -0.05) is 0 Å². The van der Waals surface area contributed by atoms with Crippen LogP contribution in [0.1, 0.15) is 0 Å².